The summed E-state index contributed by atoms with van der Waals surface area (Å²) in [6.07, 6.45) is 3.83. The Morgan fingerprint density at radius 3 is 0.618 bits per heavy atom. The van der Waals surface area contributed by atoms with Gasteiger partial charge in [0, 0.05) is 133 Å². The summed E-state index contributed by atoms with van der Waals surface area (Å²) in [5, 5.41) is 14.5. The molecule has 0 fully saturated rings. The number of aromatic nitrogens is 8. The molecule has 102 heavy (non-hydrogen) atoms. The monoisotopic (exact) mass is 1300 g/mol. The fourth-order valence-electron chi connectivity index (χ4n) is 17.2. The molecule has 8 nitrogen and oxygen atoms in total. The highest BCUT2D eigenvalue weighted by atomic mass is 15.0. The first kappa shape index (κ1) is 56.2. The predicted octanol–water partition coefficient (Wildman–Crippen LogP) is 24.1. The molecule has 8 heteroatoms. The normalized spacial score (nSPS) is 12.1. The van der Waals surface area contributed by atoms with Crippen molar-refractivity contribution in [2.24, 2.45) is 0 Å². The SMILES string of the molecule is c1cc(-c2ncccc2-c2cccnc2-c2cccc(-n3c4ccc(-n5c6ccccc6c6ccccc65)cc4c4cc(-n5c6ccccc6c6ccccc65)ccc43)c2)cc(-n2c3ccc(-n4c5ccccc5c5ccccc54)cc3c3cc(-n4c5ccccc5c5ccccc54)ccc32)c1. The summed E-state index contributed by atoms with van der Waals surface area (Å²) >= 11 is 0. The first-order valence-electron chi connectivity index (χ1n) is 34.9. The second-order valence-electron chi connectivity index (χ2n) is 26.9. The van der Waals surface area contributed by atoms with E-state index in [-0.39, 0.29) is 0 Å². The van der Waals surface area contributed by atoms with Gasteiger partial charge in [0.1, 0.15) is 0 Å². The maximum atomic E-state index is 5.28. The van der Waals surface area contributed by atoms with E-state index >= 15 is 0 Å². The van der Waals surface area contributed by atoms with Gasteiger partial charge in [-0.25, -0.2) is 0 Å². The first-order chi connectivity index (χ1) is 50.6. The van der Waals surface area contributed by atoms with Crippen LogP contribution in [0.5, 0.6) is 0 Å². The van der Waals surface area contributed by atoms with Crippen molar-refractivity contribution in [2.45, 2.75) is 0 Å². The summed E-state index contributed by atoms with van der Waals surface area (Å²) in [5.74, 6) is 0. The lowest BCUT2D eigenvalue weighted by Crippen LogP contribution is -1.98. The van der Waals surface area contributed by atoms with Crippen molar-refractivity contribution in [1.82, 2.24) is 37.4 Å². The van der Waals surface area contributed by atoms with Gasteiger partial charge in [-0.1, -0.05) is 182 Å². The third kappa shape index (κ3) is 8.20. The minimum Gasteiger partial charge on any atom is -0.309 e. The molecule has 8 heterocycles. The van der Waals surface area contributed by atoms with Crippen LogP contribution < -0.4 is 0 Å². The number of nitrogens with zero attached hydrogens (tertiary/aromatic N) is 8. The Bertz CT molecular complexity index is 6300. The number of hydrogen-bond acceptors (Lipinski definition) is 2. The molecule has 8 aromatic heterocycles. The summed E-state index contributed by atoms with van der Waals surface area (Å²) in [4.78, 5) is 10.6. The standard InChI is InChI=1S/C94H58N8/c1-9-35-81-67(25-1)68-26-2-10-36-82(68)99(81)63-43-47-89-77(55-63)78-56-64(100-83-37-11-3-27-69(83)70-28-4-12-38-84(70)100)44-48-90(78)97(89)61-23-17-21-59(53-61)93-75(33-19-51-95-93)76-34-20-52-96-94(76)60-22-18-24-62(54-60)98-91-49-45-65(101-85-39-13-5-29-71(85)72-30-6-14-40-86(72)101)57-79(91)80-58-66(46-50-92(80)98)102-87-41-15-7-31-73(87)74-32-8-16-42-88(74)102/h1-58H. The molecule has 0 saturated heterocycles. The summed E-state index contributed by atoms with van der Waals surface area (Å²) in [6, 6.07) is 124. The van der Waals surface area contributed by atoms with Crippen molar-refractivity contribution in [2.75, 3.05) is 0 Å². The Balaban J connectivity index is 0.693. The Morgan fingerprint density at radius 1 is 0.157 bits per heavy atom. The van der Waals surface area contributed by atoms with Crippen LogP contribution in [0.3, 0.4) is 0 Å². The average Bonchev–Trinajstić information content (AvgIpc) is 1.48. The third-order valence-electron chi connectivity index (χ3n) is 21.5. The second-order valence-corrected chi connectivity index (χ2v) is 26.9. The fourth-order valence-corrected chi connectivity index (χ4v) is 17.2. The molecule has 0 unspecified atom stereocenters. The van der Waals surface area contributed by atoms with Crippen LogP contribution in [-0.2, 0) is 0 Å². The number of hydrogen-bond donors (Lipinski definition) is 0. The van der Waals surface area contributed by atoms with Gasteiger partial charge in [-0.3, -0.25) is 9.97 Å². The lowest BCUT2D eigenvalue weighted by molar-refractivity contribution is 1.16. The Labute approximate surface area is 584 Å². The van der Waals surface area contributed by atoms with E-state index in [1.807, 2.05) is 24.5 Å². The van der Waals surface area contributed by atoms with Crippen LogP contribution in [0.2, 0.25) is 0 Å². The molecule has 0 atom stereocenters. The maximum absolute atomic E-state index is 5.28. The average molecular weight is 1300 g/mol. The molecule has 14 aromatic carbocycles. The topological polar surface area (TPSA) is 55.4 Å². The van der Waals surface area contributed by atoms with E-state index in [0.717, 1.165) is 111 Å². The molecule has 0 N–H and O–H groups in total. The van der Waals surface area contributed by atoms with Gasteiger partial charge >= 0.3 is 0 Å². The molecular formula is C94H58N8. The molecule has 0 aliphatic rings. The molecular weight excluding hydrogens is 1240 g/mol. The minimum absolute atomic E-state index is 0.869. The van der Waals surface area contributed by atoms with Crippen LogP contribution in [0.1, 0.15) is 0 Å². The molecule has 0 radical (unpaired) electrons. The van der Waals surface area contributed by atoms with Crippen LogP contribution in [0.25, 0.3) is 199 Å². The number of fused-ring (bicyclic) bond motifs is 18. The molecule has 22 aromatic rings. The summed E-state index contributed by atoms with van der Waals surface area (Å²) in [5.41, 5.74) is 26.1. The fraction of sp³-hybridized carbons (Fsp3) is 0. The van der Waals surface area contributed by atoms with Crippen molar-refractivity contribution in [3.8, 4) is 67.8 Å². The predicted molar refractivity (Wildman–Crippen MR) is 424 cm³/mol. The molecule has 0 aliphatic heterocycles. The number of rotatable bonds is 9. The van der Waals surface area contributed by atoms with Crippen LogP contribution in [0, 0.1) is 0 Å². The van der Waals surface area contributed by atoms with E-state index < -0.39 is 0 Å². The van der Waals surface area contributed by atoms with E-state index in [0.29, 0.717) is 0 Å². The summed E-state index contributed by atoms with van der Waals surface area (Å²) in [6.45, 7) is 0. The quantitative estimate of drug-likeness (QED) is 0.145. The Hall–Kier alpha value is -13.8. The van der Waals surface area contributed by atoms with Crippen molar-refractivity contribution >= 4 is 131 Å². The van der Waals surface area contributed by atoms with Crippen molar-refractivity contribution in [3.05, 3.63) is 352 Å². The van der Waals surface area contributed by atoms with Crippen LogP contribution in [0.15, 0.2) is 352 Å². The van der Waals surface area contributed by atoms with Gasteiger partial charge in [-0.15, -0.1) is 0 Å². The Morgan fingerprint density at radius 2 is 0.373 bits per heavy atom. The van der Waals surface area contributed by atoms with Gasteiger partial charge in [0.2, 0.25) is 0 Å². The van der Waals surface area contributed by atoms with Crippen molar-refractivity contribution in [3.63, 3.8) is 0 Å². The van der Waals surface area contributed by atoms with Gasteiger partial charge in [-0.05, 0) is 158 Å². The highest BCUT2D eigenvalue weighted by Gasteiger charge is 2.24. The first-order valence-corrected chi connectivity index (χ1v) is 34.9. The molecule has 0 saturated carbocycles. The molecule has 0 bridgehead atoms. The van der Waals surface area contributed by atoms with Gasteiger partial charge in [0.05, 0.1) is 77.6 Å². The lowest BCUT2D eigenvalue weighted by Gasteiger charge is -2.16. The zero-order valence-electron chi connectivity index (χ0n) is 55.1. The minimum atomic E-state index is 0.869. The van der Waals surface area contributed by atoms with Crippen molar-refractivity contribution < 1.29 is 0 Å². The maximum Gasteiger partial charge on any atom is 0.0781 e. The van der Waals surface area contributed by atoms with Crippen LogP contribution in [0.4, 0.5) is 0 Å². The highest BCUT2D eigenvalue weighted by Crippen LogP contribution is 2.45. The zero-order valence-corrected chi connectivity index (χ0v) is 55.1. The summed E-state index contributed by atoms with van der Waals surface area (Å²) < 4.78 is 14.6. The second kappa shape index (κ2) is 21.8. The molecule has 22 rings (SSSR count). The van der Waals surface area contributed by atoms with E-state index in [9.17, 15) is 0 Å². The van der Waals surface area contributed by atoms with Crippen LogP contribution in [-0.4, -0.2) is 37.4 Å². The van der Waals surface area contributed by atoms with Gasteiger partial charge in [0.25, 0.3) is 0 Å². The number of pyridine rings is 2. The van der Waals surface area contributed by atoms with Gasteiger partial charge in [-0.2, -0.15) is 0 Å². The van der Waals surface area contributed by atoms with E-state index in [4.69, 9.17) is 9.97 Å². The lowest BCUT2D eigenvalue weighted by atomic mass is 9.95. The smallest absolute Gasteiger partial charge is 0.0781 e. The molecule has 0 amide bonds. The van der Waals surface area contributed by atoms with Crippen molar-refractivity contribution in [1.29, 1.82) is 0 Å². The Kier molecular flexibility index (Phi) is 12.0. The van der Waals surface area contributed by atoms with Crippen LogP contribution >= 0.6 is 0 Å². The van der Waals surface area contributed by atoms with E-state index in [1.54, 1.807) is 0 Å². The van der Waals surface area contributed by atoms with E-state index in [1.165, 1.54) is 87.2 Å². The number of benzene rings is 14. The largest absolute Gasteiger partial charge is 0.309 e. The number of para-hydroxylation sites is 8. The van der Waals surface area contributed by atoms with Gasteiger partial charge < -0.3 is 27.4 Å². The molecule has 0 spiro atoms. The molecule has 0 aliphatic carbocycles. The zero-order chi connectivity index (χ0) is 66.7. The van der Waals surface area contributed by atoms with E-state index in [2.05, 4.69) is 355 Å². The third-order valence-corrected chi connectivity index (χ3v) is 21.5. The summed E-state index contributed by atoms with van der Waals surface area (Å²) in [7, 11) is 0. The van der Waals surface area contributed by atoms with Gasteiger partial charge in [0.15, 0.2) is 0 Å². The highest BCUT2D eigenvalue weighted by molar-refractivity contribution is 6.17. The molecule has 474 valence electrons.